The van der Waals surface area contributed by atoms with Gasteiger partial charge in [0.05, 0.1) is 0 Å². The van der Waals surface area contributed by atoms with Crippen molar-refractivity contribution in [3.05, 3.63) is 33.8 Å². The van der Waals surface area contributed by atoms with Crippen LogP contribution in [0.1, 0.15) is 41.6 Å². The summed E-state index contributed by atoms with van der Waals surface area (Å²) in [6.45, 7) is 2.03. The number of aryl methyl sites for hydroxylation is 1. The molecule has 18 heavy (non-hydrogen) atoms. The van der Waals surface area contributed by atoms with E-state index in [1.54, 1.807) is 0 Å². The van der Waals surface area contributed by atoms with Crippen LogP contribution >= 0.6 is 15.9 Å². The molecule has 0 aromatic heterocycles. The molecule has 3 atom stereocenters. The fourth-order valence-corrected chi connectivity index (χ4v) is 3.79. The monoisotopic (exact) mass is 307 g/mol. The van der Waals surface area contributed by atoms with Crippen LogP contribution in [0.2, 0.25) is 0 Å². The van der Waals surface area contributed by atoms with Crippen LogP contribution in [0.25, 0.3) is 0 Å². The molecule has 3 unspecified atom stereocenters. The van der Waals surface area contributed by atoms with Crippen LogP contribution in [0.5, 0.6) is 0 Å². The summed E-state index contributed by atoms with van der Waals surface area (Å²) in [4.78, 5) is 12.2. The van der Waals surface area contributed by atoms with E-state index in [2.05, 4.69) is 21.2 Å². The third-order valence-corrected chi connectivity index (χ3v) is 5.34. The summed E-state index contributed by atoms with van der Waals surface area (Å²) in [6.07, 6.45) is 5.17. The van der Waals surface area contributed by atoms with E-state index in [1.165, 1.54) is 25.7 Å². The number of carbonyl (C=O) groups is 1. The van der Waals surface area contributed by atoms with Crippen LogP contribution in [0, 0.1) is 18.8 Å². The number of carbonyl (C=O) groups excluding carboxylic acids is 1. The molecule has 2 saturated carbocycles. The van der Waals surface area contributed by atoms with Crippen molar-refractivity contribution in [2.24, 2.45) is 11.8 Å². The summed E-state index contributed by atoms with van der Waals surface area (Å²) in [5.41, 5.74) is 1.92. The highest BCUT2D eigenvalue weighted by molar-refractivity contribution is 9.10. The standard InChI is InChI=1S/C15H18BrNO/c1-9-2-4-12(8-13(9)16)15(18)17-14-7-10-3-5-11(14)6-10/h2,4,8,10-11,14H,3,5-7H2,1H3,(H,17,18). The van der Waals surface area contributed by atoms with E-state index in [9.17, 15) is 4.79 Å². The number of nitrogens with one attached hydrogen (secondary N) is 1. The Kier molecular flexibility index (Phi) is 3.18. The van der Waals surface area contributed by atoms with Gasteiger partial charge in [0, 0.05) is 16.1 Å². The maximum absolute atomic E-state index is 12.2. The minimum atomic E-state index is 0.0771. The number of benzene rings is 1. The Morgan fingerprint density at radius 3 is 2.78 bits per heavy atom. The predicted octanol–water partition coefficient (Wildman–Crippen LogP) is 3.68. The highest BCUT2D eigenvalue weighted by Gasteiger charge is 2.40. The first-order chi connectivity index (χ1) is 8.63. The lowest BCUT2D eigenvalue weighted by molar-refractivity contribution is 0.0923. The Labute approximate surface area is 116 Å². The van der Waals surface area contributed by atoms with E-state index in [1.807, 2.05) is 25.1 Å². The molecule has 2 bridgehead atoms. The summed E-state index contributed by atoms with van der Waals surface area (Å²) < 4.78 is 1.00. The van der Waals surface area contributed by atoms with Gasteiger partial charge in [-0.1, -0.05) is 28.4 Å². The van der Waals surface area contributed by atoms with Gasteiger partial charge in [0.2, 0.25) is 0 Å². The van der Waals surface area contributed by atoms with Crippen LogP contribution in [0.3, 0.4) is 0 Å². The molecule has 1 aromatic carbocycles. The first kappa shape index (κ1) is 12.2. The molecule has 2 aliphatic rings. The number of rotatable bonds is 2. The van der Waals surface area contributed by atoms with Crippen LogP contribution < -0.4 is 5.32 Å². The minimum Gasteiger partial charge on any atom is -0.349 e. The van der Waals surface area contributed by atoms with Crippen molar-refractivity contribution in [3.63, 3.8) is 0 Å². The lowest BCUT2D eigenvalue weighted by Crippen LogP contribution is -2.38. The molecule has 0 spiro atoms. The first-order valence-electron chi connectivity index (χ1n) is 6.70. The third kappa shape index (κ3) is 2.20. The van der Waals surface area contributed by atoms with Gasteiger partial charge in [-0.05, 0) is 55.7 Å². The summed E-state index contributed by atoms with van der Waals surface area (Å²) in [5, 5.41) is 3.21. The molecule has 1 amide bonds. The van der Waals surface area contributed by atoms with Crippen LogP contribution in [0.15, 0.2) is 22.7 Å². The zero-order valence-electron chi connectivity index (χ0n) is 10.6. The second-order valence-electron chi connectivity index (χ2n) is 5.72. The SMILES string of the molecule is Cc1ccc(C(=O)NC2CC3CCC2C3)cc1Br. The summed E-state index contributed by atoms with van der Waals surface area (Å²) >= 11 is 3.48. The Balaban J connectivity index is 1.69. The van der Waals surface area contributed by atoms with Crippen molar-refractivity contribution in [2.75, 3.05) is 0 Å². The molecule has 3 rings (SSSR count). The smallest absolute Gasteiger partial charge is 0.251 e. The molecular weight excluding hydrogens is 290 g/mol. The van der Waals surface area contributed by atoms with Crippen LogP contribution in [-0.2, 0) is 0 Å². The molecule has 2 aliphatic carbocycles. The van der Waals surface area contributed by atoms with E-state index in [4.69, 9.17) is 0 Å². The maximum Gasteiger partial charge on any atom is 0.251 e. The lowest BCUT2D eigenvalue weighted by Gasteiger charge is -2.23. The Morgan fingerprint density at radius 1 is 1.33 bits per heavy atom. The Hall–Kier alpha value is -0.830. The molecule has 3 heteroatoms. The summed E-state index contributed by atoms with van der Waals surface area (Å²) in [6, 6.07) is 6.22. The van der Waals surface area contributed by atoms with Crippen molar-refractivity contribution in [1.82, 2.24) is 5.32 Å². The highest BCUT2D eigenvalue weighted by Crippen LogP contribution is 2.44. The van der Waals surface area contributed by atoms with Crippen molar-refractivity contribution >= 4 is 21.8 Å². The van der Waals surface area contributed by atoms with Crippen LogP contribution in [0.4, 0.5) is 0 Å². The maximum atomic E-state index is 12.2. The first-order valence-corrected chi connectivity index (χ1v) is 7.50. The fraction of sp³-hybridized carbons (Fsp3) is 0.533. The number of amides is 1. The van der Waals surface area contributed by atoms with Crippen molar-refractivity contribution in [2.45, 2.75) is 38.6 Å². The van der Waals surface area contributed by atoms with Gasteiger partial charge >= 0.3 is 0 Å². The quantitative estimate of drug-likeness (QED) is 0.887. The van der Waals surface area contributed by atoms with E-state index in [0.717, 1.165) is 27.4 Å². The van der Waals surface area contributed by atoms with E-state index < -0.39 is 0 Å². The average molecular weight is 308 g/mol. The predicted molar refractivity (Wildman–Crippen MR) is 75.6 cm³/mol. The summed E-state index contributed by atoms with van der Waals surface area (Å²) in [7, 11) is 0. The molecular formula is C15H18BrNO. The van der Waals surface area contributed by atoms with E-state index in [0.29, 0.717) is 6.04 Å². The van der Waals surface area contributed by atoms with E-state index in [-0.39, 0.29) is 5.91 Å². The normalized spacial score (nSPS) is 29.6. The molecule has 2 fully saturated rings. The van der Waals surface area contributed by atoms with Crippen LogP contribution in [-0.4, -0.2) is 11.9 Å². The topological polar surface area (TPSA) is 29.1 Å². The Bertz CT molecular complexity index is 485. The molecule has 1 aromatic rings. The molecule has 0 aliphatic heterocycles. The number of halogens is 1. The second kappa shape index (κ2) is 4.69. The van der Waals surface area contributed by atoms with Gasteiger partial charge in [-0.2, -0.15) is 0 Å². The minimum absolute atomic E-state index is 0.0771. The molecule has 0 saturated heterocycles. The molecule has 0 heterocycles. The van der Waals surface area contributed by atoms with Gasteiger partial charge in [-0.15, -0.1) is 0 Å². The van der Waals surface area contributed by atoms with Crippen molar-refractivity contribution < 1.29 is 4.79 Å². The van der Waals surface area contributed by atoms with Gasteiger partial charge in [-0.25, -0.2) is 0 Å². The molecule has 1 N–H and O–H groups in total. The number of hydrogen-bond donors (Lipinski definition) is 1. The van der Waals surface area contributed by atoms with Crippen molar-refractivity contribution in [1.29, 1.82) is 0 Å². The van der Waals surface area contributed by atoms with Gasteiger partial charge in [0.15, 0.2) is 0 Å². The Morgan fingerprint density at radius 2 is 2.17 bits per heavy atom. The third-order valence-electron chi connectivity index (χ3n) is 4.49. The largest absolute Gasteiger partial charge is 0.349 e. The highest BCUT2D eigenvalue weighted by atomic mass is 79.9. The molecule has 96 valence electrons. The molecule has 0 radical (unpaired) electrons. The fourth-order valence-electron chi connectivity index (χ4n) is 3.41. The van der Waals surface area contributed by atoms with E-state index >= 15 is 0 Å². The zero-order chi connectivity index (χ0) is 12.7. The van der Waals surface area contributed by atoms with Crippen molar-refractivity contribution in [3.8, 4) is 0 Å². The lowest BCUT2D eigenvalue weighted by atomic mass is 9.95. The van der Waals surface area contributed by atoms with Gasteiger partial charge in [0.1, 0.15) is 0 Å². The summed E-state index contributed by atoms with van der Waals surface area (Å²) in [5.74, 6) is 1.67. The second-order valence-corrected chi connectivity index (χ2v) is 6.57. The number of fused-ring (bicyclic) bond motifs is 2. The average Bonchev–Trinajstić information content (AvgIpc) is 2.94. The van der Waals surface area contributed by atoms with Gasteiger partial charge < -0.3 is 5.32 Å². The zero-order valence-corrected chi connectivity index (χ0v) is 12.2. The van der Waals surface area contributed by atoms with Gasteiger partial charge in [-0.3, -0.25) is 4.79 Å². The molecule has 2 nitrogen and oxygen atoms in total. The number of hydrogen-bond acceptors (Lipinski definition) is 1. The van der Waals surface area contributed by atoms with Gasteiger partial charge in [0.25, 0.3) is 5.91 Å².